The summed E-state index contributed by atoms with van der Waals surface area (Å²) in [5, 5.41) is 3.51. The molecular formula is C24H25ClN2O3S. The number of hydrogen-bond donors (Lipinski definition) is 1. The van der Waals surface area contributed by atoms with Crippen LogP contribution >= 0.6 is 23.7 Å². The van der Waals surface area contributed by atoms with Crippen molar-refractivity contribution in [2.24, 2.45) is 0 Å². The van der Waals surface area contributed by atoms with Gasteiger partial charge in [-0.2, -0.15) is 0 Å². The number of thiophene rings is 1. The summed E-state index contributed by atoms with van der Waals surface area (Å²) in [6.45, 7) is 4.44. The number of ether oxygens (including phenoxy) is 1. The molecular weight excluding hydrogens is 432 g/mol. The highest BCUT2D eigenvalue weighted by molar-refractivity contribution is 7.17. The zero-order valence-electron chi connectivity index (χ0n) is 17.5. The van der Waals surface area contributed by atoms with Gasteiger partial charge in [0.05, 0.1) is 12.7 Å². The lowest BCUT2D eigenvalue weighted by atomic mass is 10.0. The van der Waals surface area contributed by atoms with Crippen molar-refractivity contribution < 1.29 is 14.3 Å². The Hall–Kier alpha value is -2.67. The van der Waals surface area contributed by atoms with Crippen LogP contribution in [0.1, 0.15) is 42.3 Å². The third kappa shape index (κ3) is 5.15. The number of methoxy groups -OCH3 is 1. The van der Waals surface area contributed by atoms with Crippen molar-refractivity contribution in [3.8, 4) is 0 Å². The molecule has 0 unspecified atom stereocenters. The van der Waals surface area contributed by atoms with E-state index in [4.69, 9.17) is 4.74 Å². The molecule has 0 saturated heterocycles. The van der Waals surface area contributed by atoms with Crippen LogP contribution < -0.4 is 5.32 Å². The summed E-state index contributed by atoms with van der Waals surface area (Å²) >= 11 is 1.47. The molecule has 1 amide bonds. The van der Waals surface area contributed by atoms with E-state index in [0.717, 1.165) is 42.1 Å². The molecule has 2 heterocycles. The minimum atomic E-state index is -0.400. The number of nitrogens with one attached hydrogen (secondary N) is 1. The zero-order valence-corrected chi connectivity index (χ0v) is 19.1. The number of benzene rings is 2. The molecule has 1 N–H and O–H groups in total. The highest BCUT2D eigenvalue weighted by atomic mass is 35.5. The van der Waals surface area contributed by atoms with Crippen LogP contribution in [0, 0.1) is 6.92 Å². The van der Waals surface area contributed by atoms with Gasteiger partial charge in [-0.15, -0.1) is 23.7 Å². The third-order valence-corrected chi connectivity index (χ3v) is 6.45. The molecule has 0 saturated carbocycles. The number of carbonyl (C=O) groups is 2. The molecule has 0 radical (unpaired) electrons. The molecule has 4 rings (SSSR count). The van der Waals surface area contributed by atoms with Gasteiger partial charge >= 0.3 is 5.97 Å². The number of fused-ring (bicyclic) bond motifs is 1. The fourth-order valence-electron chi connectivity index (χ4n) is 3.72. The van der Waals surface area contributed by atoms with Gasteiger partial charge in [-0.05, 0) is 36.6 Å². The number of nitrogens with zero attached hydrogens (tertiary/aromatic N) is 1. The first-order valence-corrected chi connectivity index (χ1v) is 10.7. The van der Waals surface area contributed by atoms with Crippen LogP contribution in [-0.4, -0.2) is 30.4 Å². The first-order chi connectivity index (χ1) is 14.5. The third-order valence-electron chi connectivity index (χ3n) is 5.32. The molecule has 31 heavy (non-hydrogen) atoms. The first kappa shape index (κ1) is 23.0. The Bertz CT molecular complexity index is 1060. The van der Waals surface area contributed by atoms with Crippen molar-refractivity contribution in [2.75, 3.05) is 19.0 Å². The molecule has 0 bridgehead atoms. The van der Waals surface area contributed by atoms with Crippen LogP contribution in [0.15, 0.2) is 54.6 Å². The largest absolute Gasteiger partial charge is 0.465 e. The first-order valence-electron chi connectivity index (χ1n) is 9.92. The van der Waals surface area contributed by atoms with Crippen LogP contribution in [0.3, 0.4) is 0 Å². The summed E-state index contributed by atoms with van der Waals surface area (Å²) in [6.07, 6.45) is 0.753. The van der Waals surface area contributed by atoms with Gasteiger partial charge in [-0.3, -0.25) is 9.69 Å². The second kappa shape index (κ2) is 10.1. The molecule has 0 fully saturated rings. The van der Waals surface area contributed by atoms with Gasteiger partial charge in [-0.25, -0.2) is 4.79 Å². The summed E-state index contributed by atoms with van der Waals surface area (Å²) in [5.41, 5.74) is 4.41. The number of aryl methyl sites for hydroxylation is 1. The average molecular weight is 457 g/mol. The minimum absolute atomic E-state index is 0. The van der Waals surface area contributed by atoms with Crippen LogP contribution in [0.4, 0.5) is 5.00 Å². The van der Waals surface area contributed by atoms with E-state index in [2.05, 4.69) is 22.3 Å². The average Bonchev–Trinajstić information content (AvgIpc) is 3.11. The van der Waals surface area contributed by atoms with Crippen LogP contribution in [0.25, 0.3) is 0 Å². The molecule has 5 nitrogen and oxygen atoms in total. The summed E-state index contributed by atoms with van der Waals surface area (Å²) in [7, 11) is 1.38. The van der Waals surface area contributed by atoms with Gasteiger partial charge < -0.3 is 10.1 Å². The second-order valence-electron chi connectivity index (χ2n) is 7.47. The number of hydrogen-bond acceptors (Lipinski definition) is 5. The predicted octanol–water partition coefficient (Wildman–Crippen LogP) is 5.08. The number of amides is 1. The zero-order chi connectivity index (χ0) is 21.1. The Kier molecular flexibility index (Phi) is 7.49. The topological polar surface area (TPSA) is 58.6 Å². The monoisotopic (exact) mass is 456 g/mol. The summed E-state index contributed by atoms with van der Waals surface area (Å²) in [4.78, 5) is 28.7. The maximum atomic E-state index is 12.7. The number of halogens is 1. The van der Waals surface area contributed by atoms with Crippen molar-refractivity contribution in [2.45, 2.75) is 26.4 Å². The van der Waals surface area contributed by atoms with E-state index >= 15 is 0 Å². The van der Waals surface area contributed by atoms with Crippen molar-refractivity contribution in [3.63, 3.8) is 0 Å². The molecule has 162 valence electrons. The van der Waals surface area contributed by atoms with E-state index in [0.29, 0.717) is 16.1 Å². The lowest BCUT2D eigenvalue weighted by Gasteiger charge is -2.27. The van der Waals surface area contributed by atoms with Gasteiger partial charge in [-0.1, -0.05) is 48.0 Å². The molecule has 2 aromatic carbocycles. The Labute approximate surface area is 192 Å². The smallest absolute Gasteiger partial charge is 0.341 e. The summed E-state index contributed by atoms with van der Waals surface area (Å²) in [6, 6.07) is 17.7. The molecule has 1 aromatic heterocycles. The molecule has 0 spiro atoms. The molecule has 0 aliphatic carbocycles. The van der Waals surface area contributed by atoms with Crippen molar-refractivity contribution in [1.29, 1.82) is 0 Å². The SMILES string of the molecule is COC(=O)c1c(NC(=O)c2ccc(C)cc2)sc2c1CCN(Cc1ccccc1)C2.Cl. The van der Waals surface area contributed by atoms with E-state index in [9.17, 15) is 9.59 Å². The number of anilines is 1. The molecule has 1 aliphatic rings. The van der Waals surface area contributed by atoms with Gasteiger partial charge in [0.15, 0.2) is 0 Å². The van der Waals surface area contributed by atoms with E-state index in [1.54, 1.807) is 12.1 Å². The fourth-order valence-corrected chi connectivity index (χ4v) is 4.99. The van der Waals surface area contributed by atoms with E-state index in [1.807, 2.05) is 37.3 Å². The van der Waals surface area contributed by atoms with Gasteiger partial charge in [0, 0.05) is 30.1 Å². The number of rotatable bonds is 5. The Morgan fingerprint density at radius 3 is 2.48 bits per heavy atom. The summed E-state index contributed by atoms with van der Waals surface area (Å²) < 4.78 is 5.03. The van der Waals surface area contributed by atoms with Crippen LogP contribution in [0.5, 0.6) is 0 Å². The van der Waals surface area contributed by atoms with Crippen LogP contribution in [0.2, 0.25) is 0 Å². The second-order valence-corrected chi connectivity index (χ2v) is 8.57. The Morgan fingerprint density at radius 1 is 1.10 bits per heavy atom. The van der Waals surface area contributed by atoms with Gasteiger partial charge in [0.25, 0.3) is 5.91 Å². The van der Waals surface area contributed by atoms with Crippen molar-refractivity contribution in [3.05, 3.63) is 87.3 Å². The highest BCUT2D eigenvalue weighted by Gasteiger charge is 2.29. The number of carbonyl (C=O) groups excluding carboxylic acids is 2. The molecule has 0 atom stereocenters. The highest BCUT2D eigenvalue weighted by Crippen LogP contribution is 2.38. The standard InChI is InChI=1S/C24H24N2O3S.ClH/c1-16-8-10-18(11-9-16)22(27)25-23-21(24(28)29-2)19-12-13-26(15-20(19)30-23)14-17-6-4-3-5-7-17;/h3-11H,12-15H2,1-2H3,(H,25,27);1H. The maximum absolute atomic E-state index is 12.7. The quantitative estimate of drug-likeness (QED) is 0.544. The van der Waals surface area contributed by atoms with Gasteiger partial charge in [0.1, 0.15) is 5.00 Å². The normalized spacial score (nSPS) is 13.1. The van der Waals surface area contributed by atoms with E-state index < -0.39 is 5.97 Å². The van der Waals surface area contributed by atoms with Crippen molar-refractivity contribution in [1.82, 2.24) is 4.90 Å². The summed E-state index contributed by atoms with van der Waals surface area (Å²) in [5.74, 6) is -0.622. The molecule has 1 aliphatic heterocycles. The fraction of sp³-hybridized carbons (Fsp3) is 0.250. The maximum Gasteiger partial charge on any atom is 0.341 e. The Balaban J connectivity index is 0.00000272. The Morgan fingerprint density at radius 2 is 1.81 bits per heavy atom. The number of esters is 1. The molecule has 3 aromatic rings. The minimum Gasteiger partial charge on any atom is -0.465 e. The lowest BCUT2D eigenvalue weighted by Crippen LogP contribution is -2.29. The van der Waals surface area contributed by atoms with Crippen molar-refractivity contribution >= 4 is 40.6 Å². The van der Waals surface area contributed by atoms with Gasteiger partial charge in [0.2, 0.25) is 0 Å². The molecule has 7 heteroatoms. The van der Waals surface area contributed by atoms with Crippen LogP contribution in [-0.2, 0) is 24.2 Å². The lowest BCUT2D eigenvalue weighted by molar-refractivity contribution is 0.0600. The van der Waals surface area contributed by atoms with E-state index in [1.165, 1.54) is 24.0 Å². The predicted molar refractivity (Wildman–Crippen MR) is 126 cm³/mol. The van der Waals surface area contributed by atoms with E-state index in [-0.39, 0.29) is 18.3 Å².